The van der Waals surface area contributed by atoms with E-state index < -0.39 is 5.97 Å². The van der Waals surface area contributed by atoms with Gasteiger partial charge in [0.1, 0.15) is 5.75 Å². The summed E-state index contributed by atoms with van der Waals surface area (Å²) in [6, 6.07) is 7.00. The molecule has 0 atom stereocenters. The largest absolute Gasteiger partial charge is 0.478 e. The Labute approximate surface area is 110 Å². The van der Waals surface area contributed by atoms with E-state index >= 15 is 0 Å². The number of rotatable bonds is 3. The van der Waals surface area contributed by atoms with Gasteiger partial charge in [0, 0.05) is 6.20 Å². The number of nitrogens with two attached hydrogens (primary N) is 1. The van der Waals surface area contributed by atoms with E-state index in [2.05, 4.69) is 4.98 Å². The van der Waals surface area contributed by atoms with Crippen molar-refractivity contribution in [3.8, 4) is 11.6 Å². The standard InChI is InChI=1S/C14H14N2O3/c1-8-4-3-5-12(9(8)2)19-13-11(15)6-10(7-16-13)14(17)18/h3-7H,15H2,1-2H3,(H,17,18). The first-order chi connectivity index (χ1) is 8.99. The van der Waals surface area contributed by atoms with Crippen LogP contribution in [0, 0.1) is 13.8 Å². The Hall–Kier alpha value is -2.56. The summed E-state index contributed by atoms with van der Waals surface area (Å²) in [5.74, 6) is -0.210. The maximum atomic E-state index is 10.8. The molecule has 5 nitrogen and oxygen atoms in total. The molecular formula is C14H14N2O3. The van der Waals surface area contributed by atoms with Crippen molar-refractivity contribution in [1.29, 1.82) is 0 Å². The third-order valence-corrected chi connectivity index (χ3v) is 2.89. The number of nitrogens with zero attached hydrogens (tertiary/aromatic N) is 1. The van der Waals surface area contributed by atoms with Gasteiger partial charge in [0.15, 0.2) is 0 Å². The highest BCUT2D eigenvalue weighted by molar-refractivity contribution is 5.88. The van der Waals surface area contributed by atoms with Crippen molar-refractivity contribution in [2.24, 2.45) is 0 Å². The van der Waals surface area contributed by atoms with Crippen LogP contribution in [0.1, 0.15) is 21.5 Å². The molecule has 1 heterocycles. The molecule has 0 saturated heterocycles. The number of nitrogen functional groups attached to an aromatic ring is 1. The zero-order valence-corrected chi connectivity index (χ0v) is 10.7. The minimum atomic E-state index is -1.07. The second kappa shape index (κ2) is 4.97. The van der Waals surface area contributed by atoms with Crippen LogP contribution in [0.5, 0.6) is 11.6 Å². The molecule has 1 aromatic carbocycles. The molecule has 0 unspecified atom stereocenters. The van der Waals surface area contributed by atoms with Crippen molar-refractivity contribution in [3.63, 3.8) is 0 Å². The first-order valence-electron chi connectivity index (χ1n) is 5.72. The molecule has 0 saturated carbocycles. The van der Waals surface area contributed by atoms with Gasteiger partial charge < -0.3 is 15.6 Å². The summed E-state index contributed by atoms with van der Waals surface area (Å²) in [5.41, 5.74) is 8.06. The second-order valence-electron chi connectivity index (χ2n) is 4.22. The summed E-state index contributed by atoms with van der Waals surface area (Å²) in [5, 5.41) is 8.83. The number of carboxylic acid groups (broad SMARTS) is 1. The van der Waals surface area contributed by atoms with Crippen LogP contribution >= 0.6 is 0 Å². The van der Waals surface area contributed by atoms with Gasteiger partial charge in [-0.25, -0.2) is 9.78 Å². The minimum Gasteiger partial charge on any atom is -0.478 e. The molecule has 0 bridgehead atoms. The number of benzene rings is 1. The molecule has 0 spiro atoms. The van der Waals surface area contributed by atoms with Crippen LogP contribution in [0.15, 0.2) is 30.5 Å². The predicted octanol–water partition coefficient (Wildman–Crippen LogP) is 2.77. The van der Waals surface area contributed by atoms with E-state index in [1.165, 1.54) is 12.3 Å². The average molecular weight is 258 g/mol. The van der Waals surface area contributed by atoms with Gasteiger partial charge in [-0.05, 0) is 37.1 Å². The number of carboxylic acids is 1. The fourth-order valence-electron chi connectivity index (χ4n) is 1.61. The Morgan fingerprint density at radius 3 is 2.74 bits per heavy atom. The predicted molar refractivity (Wildman–Crippen MR) is 71.6 cm³/mol. The number of aromatic carboxylic acids is 1. The Morgan fingerprint density at radius 1 is 1.37 bits per heavy atom. The lowest BCUT2D eigenvalue weighted by Crippen LogP contribution is -2.02. The van der Waals surface area contributed by atoms with E-state index in [9.17, 15) is 4.79 Å². The number of aromatic nitrogens is 1. The quantitative estimate of drug-likeness (QED) is 0.884. The highest BCUT2D eigenvalue weighted by Gasteiger charge is 2.11. The van der Waals surface area contributed by atoms with E-state index in [1.54, 1.807) is 0 Å². The summed E-state index contributed by atoms with van der Waals surface area (Å²) in [4.78, 5) is 14.7. The molecule has 0 fully saturated rings. The maximum absolute atomic E-state index is 10.8. The van der Waals surface area contributed by atoms with E-state index in [4.69, 9.17) is 15.6 Å². The van der Waals surface area contributed by atoms with Gasteiger partial charge in [-0.2, -0.15) is 0 Å². The van der Waals surface area contributed by atoms with Crippen molar-refractivity contribution in [2.45, 2.75) is 13.8 Å². The average Bonchev–Trinajstić information content (AvgIpc) is 2.37. The van der Waals surface area contributed by atoms with Gasteiger partial charge in [-0.15, -0.1) is 0 Å². The van der Waals surface area contributed by atoms with Crippen LogP contribution < -0.4 is 10.5 Å². The number of ether oxygens (including phenoxy) is 1. The van der Waals surface area contributed by atoms with E-state index in [0.29, 0.717) is 5.75 Å². The molecule has 0 aliphatic rings. The van der Waals surface area contributed by atoms with Crippen molar-refractivity contribution in [1.82, 2.24) is 4.98 Å². The number of aryl methyl sites for hydroxylation is 1. The fraction of sp³-hybridized carbons (Fsp3) is 0.143. The van der Waals surface area contributed by atoms with Crippen LogP contribution in [-0.4, -0.2) is 16.1 Å². The topological polar surface area (TPSA) is 85.4 Å². The zero-order chi connectivity index (χ0) is 14.0. The molecule has 2 rings (SSSR count). The third kappa shape index (κ3) is 2.65. The summed E-state index contributed by atoms with van der Waals surface area (Å²) in [6.07, 6.45) is 1.22. The van der Waals surface area contributed by atoms with E-state index in [1.807, 2.05) is 32.0 Å². The lowest BCUT2D eigenvalue weighted by molar-refractivity contribution is 0.0696. The zero-order valence-electron chi connectivity index (χ0n) is 10.7. The monoisotopic (exact) mass is 258 g/mol. The summed E-state index contributed by atoms with van der Waals surface area (Å²) < 4.78 is 5.63. The SMILES string of the molecule is Cc1cccc(Oc2ncc(C(=O)O)cc2N)c1C. The van der Waals surface area contributed by atoms with Crippen LogP contribution in [0.2, 0.25) is 0 Å². The minimum absolute atomic E-state index is 0.0332. The molecule has 0 amide bonds. The van der Waals surface area contributed by atoms with Gasteiger partial charge in [0.2, 0.25) is 5.88 Å². The van der Waals surface area contributed by atoms with Gasteiger partial charge >= 0.3 is 5.97 Å². The molecule has 5 heteroatoms. The maximum Gasteiger partial charge on any atom is 0.337 e. The highest BCUT2D eigenvalue weighted by atomic mass is 16.5. The van der Waals surface area contributed by atoms with E-state index in [0.717, 1.165) is 11.1 Å². The van der Waals surface area contributed by atoms with Crippen LogP contribution in [-0.2, 0) is 0 Å². The molecule has 0 radical (unpaired) electrons. The van der Waals surface area contributed by atoms with Crippen molar-refractivity contribution >= 4 is 11.7 Å². The molecule has 3 N–H and O–H groups in total. The normalized spacial score (nSPS) is 10.2. The molecule has 2 aromatic rings. The lowest BCUT2D eigenvalue weighted by atomic mass is 10.1. The van der Waals surface area contributed by atoms with Crippen LogP contribution in [0.25, 0.3) is 0 Å². The van der Waals surface area contributed by atoms with Gasteiger partial charge in [0.25, 0.3) is 0 Å². The van der Waals surface area contributed by atoms with Gasteiger partial charge in [-0.3, -0.25) is 0 Å². The molecular weight excluding hydrogens is 244 g/mol. The second-order valence-corrected chi connectivity index (χ2v) is 4.22. The Bertz CT molecular complexity index is 639. The Balaban J connectivity index is 2.34. The third-order valence-electron chi connectivity index (χ3n) is 2.89. The number of pyridine rings is 1. The summed E-state index contributed by atoms with van der Waals surface area (Å²) in [7, 11) is 0. The molecule has 19 heavy (non-hydrogen) atoms. The number of carbonyl (C=O) groups is 1. The van der Waals surface area contributed by atoms with Crippen LogP contribution in [0.3, 0.4) is 0 Å². The molecule has 0 aliphatic heterocycles. The summed E-state index contributed by atoms with van der Waals surface area (Å²) in [6.45, 7) is 3.92. The van der Waals surface area contributed by atoms with E-state index in [-0.39, 0.29) is 17.1 Å². The van der Waals surface area contributed by atoms with Crippen molar-refractivity contribution < 1.29 is 14.6 Å². The van der Waals surface area contributed by atoms with Gasteiger partial charge in [0.05, 0.1) is 11.3 Å². The van der Waals surface area contributed by atoms with Gasteiger partial charge in [-0.1, -0.05) is 12.1 Å². The smallest absolute Gasteiger partial charge is 0.337 e. The Morgan fingerprint density at radius 2 is 2.11 bits per heavy atom. The van der Waals surface area contributed by atoms with Crippen molar-refractivity contribution in [2.75, 3.05) is 5.73 Å². The number of hydrogen-bond donors (Lipinski definition) is 2. The molecule has 1 aromatic heterocycles. The summed E-state index contributed by atoms with van der Waals surface area (Å²) >= 11 is 0. The highest BCUT2D eigenvalue weighted by Crippen LogP contribution is 2.29. The number of hydrogen-bond acceptors (Lipinski definition) is 4. The first kappa shape index (κ1) is 12.9. The van der Waals surface area contributed by atoms with Crippen molar-refractivity contribution in [3.05, 3.63) is 47.2 Å². The lowest BCUT2D eigenvalue weighted by Gasteiger charge is -2.11. The molecule has 98 valence electrons. The van der Waals surface area contributed by atoms with Crippen LogP contribution in [0.4, 0.5) is 5.69 Å². The molecule has 0 aliphatic carbocycles. The Kier molecular flexibility index (Phi) is 3.37. The number of anilines is 1. The fourth-order valence-corrected chi connectivity index (χ4v) is 1.61. The first-order valence-corrected chi connectivity index (χ1v) is 5.72.